The Morgan fingerprint density at radius 1 is 0.906 bits per heavy atom. The zero-order chi connectivity index (χ0) is 23.6. The van der Waals surface area contributed by atoms with Crippen molar-refractivity contribution in [3.05, 3.63) is 59.2 Å². The first-order chi connectivity index (χ1) is 15.3. The molecule has 0 atom stereocenters. The fourth-order valence-electron chi connectivity index (χ4n) is 3.21. The van der Waals surface area contributed by atoms with Crippen LogP contribution in [0.15, 0.2) is 42.5 Å². The zero-order valence-corrected chi connectivity index (χ0v) is 20.5. The van der Waals surface area contributed by atoms with Crippen molar-refractivity contribution in [2.75, 3.05) is 20.3 Å². The number of methoxy groups -OCH3 is 1. The lowest BCUT2D eigenvalue weighted by molar-refractivity contribution is 0.104. The third kappa shape index (κ3) is 7.44. The van der Waals surface area contributed by atoms with Crippen molar-refractivity contribution in [1.82, 2.24) is 0 Å². The number of carbonyl (C=O) groups is 1. The van der Waals surface area contributed by atoms with Crippen molar-refractivity contribution in [2.24, 2.45) is 0 Å². The van der Waals surface area contributed by atoms with Crippen LogP contribution < -0.4 is 14.2 Å². The minimum absolute atomic E-state index is 0.0623. The number of benzene rings is 2. The molecule has 4 heteroatoms. The molecule has 32 heavy (non-hydrogen) atoms. The van der Waals surface area contributed by atoms with Gasteiger partial charge < -0.3 is 14.2 Å². The standard InChI is InChI=1S/C28H38O4/c1-7-9-17-31-26-20-27(32-18-10-8-2)24(28(3,4)5)19-22(26)13-16-25(29)21-11-14-23(30-6)15-12-21/h11-16,19-20H,7-10,17-18H2,1-6H3/b16-13+. The Bertz CT molecular complexity index is 889. The number of rotatable bonds is 12. The first kappa shape index (κ1) is 25.5. The van der Waals surface area contributed by atoms with Crippen molar-refractivity contribution >= 4 is 11.9 Å². The molecule has 0 spiro atoms. The van der Waals surface area contributed by atoms with Gasteiger partial charge in [-0.05, 0) is 60.7 Å². The number of unbranched alkanes of at least 4 members (excludes halogenated alkanes) is 2. The van der Waals surface area contributed by atoms with Gasteiger partial charge >= 0.3 is 0 Å². The van der Waals surface area contributed by atoms with Crippen LogP contribution in [-0.2, 0) is 5.41 Å². The van der Waals surface area contributed by atoms with E-state index in [1.807, 2.05) is 12.1 Å². The second-order valence-corrected chi connectivity index (χ2v) is 8.97. The van der Waals surface area contributed by atoms with E-state index in [0.717, 1.165) is 54.1 Å². The van der Waals surface area contributed by atoms with Gasteiger partial charge in [-0.2, -0.15) is 0 Å². The summed E-state index contributed by atoms with van der Waals surface area (Å²) < 4.78 is 17.4. The topological polar surface area (TPSA) is 44.8 Å². The largest absolute Gasteiger partial charge is 0.497 e. The van der Waals surface area contributed by atoms with Crippen LogP contribution in [0, 0.1) is 0 Å². The van der Waals surface area contributed by atoms with Crippen molar-refractivity contribution in [2.45, 2.75) is 65.7 Å². The van der Waals surface area contributed by atoms with E-state index in [-0.39, 0.29) is 11.2 Å². The van der Waals surface area contributed by atoms with Crippen molar-refractivity contribution in [3.8, 4) is 17.2 Å². The number of ether oxygens (including phenoxy) is 3. The third-order valence-corrected chi connectivity index (χ3v) is 5.22. The summed E-state index contributed by atoms with van der Waals surface area (Å²) in [5.74, 6) is 2.27. The van der Waals surface area contributed by atoms with Crippen LogP contribution in [0.1, 0.15) is 81.8 Å². The molecule has 0 radical (unpaired) electrons. The first-order valence-electron chi connectivity index (χ1n) is 11.6. The average molecular weight is 439 g/mol. The number of carbonyl (C=O) groups excluding carboxylic acids is 1. The lowest BCUT2D eigenvalue weighted by Crippen LogP contribution is -2.15. The maximum Gasteiger partial charge on any atom is 0.185 e. The van der Waals surface area contributed by atoms with Crippen molar-refractivity contribution in [1.29, 1.82) is 0 Å². The Morgan fingerprint density at radius 3 is 2.03 bits per heavy atom. The molecule has 4 nitrogen and oxygen atoms in total. The molecule has 0 amide bonds. The summed E-state index contributed by atoms with van der Waals surface area (Å²) in [5.41, 5.74) is 2.50. The molecule has 2 rings (SSSR count). The first-order valence-corrected chi connectivity index (χ1v) is 11.6. The van der Waals surface area contributed by atoms with E-state index in [0.29, 0.717) is 18.8 Å². The maximum atomic E-state index is 12.7. The Morgan fingerprint density at radius 2 is 1.50 bits per heavy atom. The second-order valence-electron chi connectivity index (χ2n) is 8.97. The van der Waals surface area contributed by atoms with Crippen LogP contribution in [0.2, 0.25) is 0 Å². The molecular weight excluding hydrogens is 400 g/mol. The molecule has 0 heterocycles. The lowest BCUT2D eigenvalue weighted by atomic mass is 9.85. The molecule has 0 aromatic heterocycles. The molecule has 2 aromatic carbocycles. The Balaban J connectivity index is 2.39. The Hall–Kier alpha value is -2.75. The molecule has 0 aliphatic carbocycles. The van der Waals surface area contributed by atoms with E-state index in [4.69, 9.17) is 14.2 Å². The molecule has 2 aromatic rings. The van der Waals surface area contributed by atoms with Crippen LogP contribution in [0.5, 0.6) is 17.2 Å². The van der Waals surface area contributed by atoms with Gasteiger partial charge in [-0.25, -0.2) is 0 Å². The highest BCUT2D eigenvalue weighted by Gasteiger charge is 2.22. The van der Waals surface area contributed by atoms with Gasteiger partial charge in [0.1, 0.15) is 17.2 Å². The van der Waals surface area contributed by atoms with Crippen LogP contribution in [0.25, 0.3) is 6.08 Å². The van der Waals surface area contributed by atoms with Gasteiger partial charge in [0.2, 0.25) is 0 Å². The molecule has 0 fully saturated rings. The monoisotopic (exact) mass is 438 g/mol. The molecule has 0 saturated heterocycles. The highest BCUT2D eigenvalue weighted by Crippen LogP contribution is 2.37. The van der Waals surface area contributed by atoms with Crippen LogP contribution in [-0.4, -0.2) is 26.1 Å². The average Bonchev–Trinajstić information content (AvgIpc) is 2.77. The zero-order valence-electron chi connectivity index (χ0n) is 20.5. The summed E-state index contributed by atoms with van der Waals surface area (Å²) in [6.45, 7) is 12.1. The van der Waals surface area contributed by atoms with E-state index in [1.54, 1.807) is 37.5 Å². The molecule has 174 valence electrons. The van der Waals surface area contributed by atoms with Crippen molar-refractivity contribution in [3.63, 3.8) is 0 Å². The normalized spacial score (nSPS) is 11.6. The number of hydrogen-bond donors (Lipinski definition) is 0. The molecule has 0 unspecified atom stereocenters. The summed E-state index contributed by atoms with van der Waals surface area (Å²) in [4.78, 5) is 12.7. The summed E-state index contributed by atoms with van der Waals surface area (Å²) >= 11 is 0. The van der Waals surface area contributed by atoms with Crippen LogP contribution in [0.3, 0.4) is 0 Å². The van der Waals surface area contributed by atoms with Crippen LogP contribution in [0.4, 0.5) is 0 Å². The molecular formula is C28H38O4. The molecule has 0 bridgehead atoms. The number of hydrogen-bond acceptors (Lipinski definition) is 4. The summed E-state index contributed by atoms with van der Waals surface area (Å²) in [6.07, 6.45) is 7.57. The molecule has 0 aliphatic rings. The van der Waals surface area contributed by atoms with E-state index in [9.17, 15) is 4.79 Å². The van der Waals surface area contributed by atoms with E-state index in [1.165, 1.54) is 0 Å². The second kappa shape index (κ2) is 12.3. The minimum atomic E-state index is -0.105. The maximum absolute atomic E-state index is 12.7. The summed E-state index contributed by atoms with van der Waals surface area (Å²) in [6, 6.07) is 11.2. The quantitative estimate of drug-likeness (QED) is 0.199. The summed E-state index contributed by atoms with van der Waals surface area (Å²) in [7, 11) is 1.61. The van der Waals surface area contributed by atoms with Crippen LogP contribution >= 0.6 is 0 Å². The number of ketones is 1. The predicted octanol–water partition coefficient (Wildman–Crippen LogP) is 7.25. The van der Waals surface area contributed by atoms with Gasteiger partial charge in [-0.1, -0.05) is 47.5 Å². The Labute approximate surface area is 193 Å². The van der Waals surface area contributed by atoms with E-state index < -0.39 is 0 Å². The minimum Gasteiger partial charge on any atom is -0.497 e. The van der Waals surface area contributed by atoms with Gasteiger partial charge in [0.25, 0.3) is 0 Å². The fourth-order valence-corrected chi connectivity index (χ4v) is 3.21. The lowest BCUT2D eigenvalue weighted by Gasteiger charge is -2.25. The number of allylic oxidation sites excluding steroid dienone is 1. The van der Waals surface area contributed by atoms with E-state index in [2.05, 4.69) is 40.7 Å². The van der Waals surface area contributed by atoms with Crippen molar-refractivity contribution < 1.29 is 19.0 Å². The SMILES string of the molecule is CCCCOc1cc(OCCCC)c(C(C)(C)C)cc1/C=C/C(=O)c1ccc(OC)cc1. The highest BCUT2D eigenvalue weighted by atomic mass is 16.5. The van der Waals surface area contributed by atoms with Gasteiger partial charge in [-0.15, -0.1) is 0 Å². The molecule has 0 saturated carbocycles. The highest BCUT2D eigenvalue weighted by molar-refractivity contribution is 6.07. The molecule has 0 aliphatic heterocycles. The predicted molar refractivity (Wildman–Crippen MR) is 132 cm³/mol. The smallest absolute Gasteiger partial charge is 0.185 e. The van der Waals surface area contributed by atoms with Gasteiger partial charge in [0.15, 0.2) is 5.78 Å². The molecule has 0 N–H and O–H groups in total. The van der Waals surface area contributed by atoms with Gasteiger partial charge in [0.05, 0.1) is 20.3 Å². The van der Waals surface area contributed by atoms with Gasteiger partial charge in [-0.3, -0.25) is 4.79 Å². The van der Waals surface area contributed by atoms with E-state index >= 15 is 0 Å². The third-order valence-electron chi connectivity index (χ3n) is 5.22. The fraction of sp³-hybridized carbons (Fsp3) is 0.464. The van der Waals surface area contributed by atoms with Gasteiger partial charge in [0, 0.05) is 22.8 Å². The Kier molecular flexibility index (Phi) is 9.83. The summed E-state index contributed by atoms with van der Waals surface area (Å²) in [5, 5.41) is 0.